The van der Waals surface area contributed by atoms with E-state index in [1.165, 1.54) is 64.5 Å². The molecule has 0 radical (unpaired) electrons. The van der Waals surface area contributed by atoms with Gasteiger partial charge in [0.1, 0.15) is 0 Å². The monoisotopic (exact) mass is 282 g/mol. The Hall–Kier alpha value is -0.120. The van der Waals surface area contributed by atoms with Gasteiger partial charge in [0, 0.05) is 32.3 Å². The zero-order valence-electron chi connectivity index (χ0n) is 13.8. The number of likely N-dealkylation sites (N-methyl/N-ethyl adjacent to an activating group) is 1. The fourth-order valence-corrected chi connectivity index (χ4v) is 3.57. The molecule has 20 heavy (non-hydrogen) atoms. The lowest BCUT2D eigenvalue weighted by Crippen LogP contribution is -2.46. The van der Waals surface area contributed by atoms with Gasteiger partial charge in [-0.2, -0.15) is 0 Å². The maximum atomic E-state index is 5.32. The normalized spacial score (nSPS) is 24.6. The molecule has 0 saturated heterocycles. The van der Waals surface area contributed by atoms with Gasteiger partial charge in [-0.15, -0.1) is 0 Å². The lowest BCUT2D eigenvalue weighted by atomic mass is 9.79. The molecule has 0 amide bonds. The fraction of sp³-hybridized carbons (Fsp3) is 1.00. The van der Waals surface area contributed by atoms with E-state index in [2.05, 4.69) is 24.2 Å². The number of methoxy groups -OCH3 is 1. The molecule has 0 aromatic rings. The Bertz CT molecular complexity index is 270. The maximum absolute atomic E-state index is 5.32. The predicted molar refractivity (Wildman–Crippen MR) is 85.1 cm³/mol. The minimum Gasteiger partial charge on any atom is -0.383 e. The van der Waals surface area contributed by atoms with Gasteiger partial charge in [0.15, 0.2) is 0 Å². The predicted octanol–water partition coefficient (Wildman–Crippen LogP) is 3.05. The van der Waals surface area contributed by atoms with Crippen LogP contribution in [0.15, 0.2) is 0 Å². The molecule has 0 bridgehead atoms. The molecule has 1 N–H and O–H groups in total. The molecule has 3 nitrogen and oxygen atoms in total. The van der Waals surface area contributed by atoms with Crippen LogP contribution in [0.5, 0.6) is 0 Å². The Morgan fingerprint density at radius 3 is 2.40 bits per heavy atom. The van der Waals surface area contributed by atoms with Crippen LogP contribution in [0.3, 0.4) is 0 Å². The first kappa shape index (κ1) is 16.3. The van der Waals surface area contributed by atoms with Gasteiger partial charge in [-0.3, -0.25) is 0 Å². The van der Waals surface area contributed by atoms with E-state index in [4.69, 9.17) is 4.74 Å². The summed E-state index contributed by atoms with van der Waals surface area (Å²) in [6.07, 6.45) is 11.3. The molecule has 0 aliphatic heterocycles. The highest BCUT2D eigenvalue weighted by atomic mass is 16.5. The topological polar surface area (TPSA) is 24.5 Å². The van der Waals surface area contributed by atoms with E-state index in [-0.39, 0.29) is 0 Å². The van der Waals surface area contributed by atoms with Crippen molar-refractivity contribution in [2.45, 2.75) is 70.4 Å². The van der Waals surface area contributed by atoms with Crippen LogP contribution in [0.25, 0.3) is 0 Å². The van der Waals surface area contributed by atoms with E-state index in [9.17, 15) is 0 Å². The molecule has 2 rings (SSSR count). The first-order chi connectivity index (χ1) is 9.65. The van der Waals surface area contributed by atoms with Crippen molar-refractivity contribution in [1.82, 2.24) is 10.2 Å². The molecule has 3 heteroatoms. The van der Waals surface area contributed by atoms with Crippen LogP contribution in [-0.2, 0) is 4.74 Å². The van der Waals surface area contributed by atoms with Gasteiger partial charge < -0.3 is 15.0 Å². The first-order valence-electron chi connectivity index (χ1n) is 8.58. The zero-order valence-corrected chi connectivity index (χ0v) is 13.8. The van der Waals surface area contributed by atoms with Crippen molar-refractivity contribution >= 4 is 0 Å². The zero-order chi connectivity index (χ0) is 14.4. The summed E-state index contributed by atoms with van der Waals surface area (Å²) in [7, 11) is 4.08. The molecule has 2 fully saturated rings. The summed E-state index contributed by atoms with van der Waals surface area (Å²) in [5.74, 6) is 0. The summed E-state index contributed by atoms with van der Waals surface area (Å²) in [6.45, 7) is 5.56. The van der Waals surface area contributed by atoms with Crippen LogP contribution in [0.4, 0.5) is 0 Å². The highest BCUT2D eigenvalue weighted by Crippen LogP contribution is 2.36. The Labute approximate surface area is 125 Å². The smallest absolute Gasteiger partial charge is 0.0615 e. The molecule has 2 aliphatic carbocycles. The largest absolute Gasteiger partial charge is 0.383 e. The fourth-order valence-electron chi connectivity index (χ4n) is 3.57. The average Bonchev–Trinajstić information content (AvgIpc) is 3.24. The Morgan fingerprint density at radius 1 is 1.20 bits per heavy atom. The number of hydrogen-bond acceptors (Lipinski definition) is 3. The van der Waals surface area contributed by atoms with E-state index >= 15 is 0 Å². The SMILES string of the molecule is COCC(C)N(C)CC1(CNC2CC2)CCCCCC1. The lowest BCUT2D eigenvalue weighted by Gasteiger charge is -2.39. The van der Waals surface area contributed by atoms with Crippen molar-refractivity contribution in [3.63, 3.8) is 0 Å². The molecule has 0 heterocycles. The van der Waals surface area contributed by atoms with Gasteiger partial charge in [0.25, 0.3) is 0 Å². The second-order valence-corrected chi connectivity index (χ2v) is 7.29. The molecule has 1 atom stereocenters. The van der Waals surface area contributed by atoms with E-state index < -0.39 is 0 Å². The summed E-state index contributed by atoms with van der Waals surface area (Å²) < 4.78 is 5.32. The summed E-state index contributed by atoms with van der Waals surface area (Å²) in [6, 6.07) is 1.35. The summed E-state index contributed by atoms with van der Waals surface area (Å²) >= 11 is 0. The minimum atomic E-state index is 0.496. The third-order valence-corrected chi connectivity index (χ3v) is 5.25. The highest BCUT2D eigenvalue weighted by molar-refractivity contribution is 4.91. The number of rotatable bonds is 8. The molecule has 0 aromatic heterocycles. The number of nitrogens with zero attached hydrogens (tertiary/aromatic N) is 1. The van der Waals surface area contributed by atoms with Crippen molar-refractivity contribution in [1.29, 1.82) is 0 Å². The quantitative estimate of drug-likeness (QED) is 0.693. The van der Waals surface area contributed by atoms with E-state index in [1.807, 2.05) is 0 Å². The third kappa shape index (κ3) is 5.01. The molecule has 0 spiro atoms. The van der Waals surface area contributed by atoms with E-state index in [1.54, 1.807) is 7.11 Å². The summed E-state index contributed by atoms with van der Waals surface area (Å²) in [5, 5.41) is 3.81. The van der Waals surface area contributed by atoms with Gasteiger partial charge >= 0.3 is 0 Å². The molecule has 2 aliphatic rings. The molecule has 118 valence electrons. The van der Waals surface area contributed by atoms with Crippen LogP contribution in [0.2, 0.25) is 0 Å². The van der Waals surface area contributed by atoms with Crippen LogP contribution in [-0.4, -0.2) is 50.8 Å². The van der Waals surface area contributed by atoms with Gasteiger partial charge in [0.05, 0.1) is 6.61 Å². The number of nitrogens with one attached hydrogen (secondary N) is 1. The van der Waals surface area contributed by atoms with E-state index in [0.717, 1.165) is 12.6 Å². The molecule has 2 saturated carbocycles. The second kappa shape index (κ2) is 7.77. The van der Waals surface area contributed by atoms with Crippen LogP contribution >= 0.6 is 0 Å². The van der Waals surface area contributed by atoms with Gasteiger partial charge in [-0.05, 0) is 45.1 Å². The molecule has 0 aromatic carbocycles. The Morgan fingerprint density at radius 2 is 1.85 bits per heavy atom. The van der Waals surface area contributed by atoms with Gasteiger partial charge in [0.2, 0.25) is 0 Å². The van der Waals surface area contributed by atoms with E-state index in [0.29, 0.717) is 11.5 Å². The highest BCUT2D eigenvalue weighted by Gasteiger charge is 2.34. The second-order valence-electron chi connectivity index (χ2n) is 7.29. The lowest BCUT2D eigenvalue weighted by molar-refractivity contribution is 0.0722. The summed E-state index contributed by atoms with van der Waals surface area (Å²) in [5.41, 5.74) is 0.496. The van der Waals surface area contributed by atoms with Crippen molar-refractivity contribution in [2.75, 3.05) is 33.9 Å². The first-order valence-corrected chi connectivity index (χ1v) is 8.58. The third-order valence-electron chi connectivity index (χ3n) is 5.25. The van der Waals surface area contributed by atoms with Crippen molar-refractivity contribution in [3.8, 4) is 0 Å². The average molecular weight is 282 g/mol. The van der Waals surface area contributed by atoms with Crippen LogP contribution < -0.4 is 5.32 Å². The standard InChI is InChI=1S/C17H34N2O/c1-15(12-20-3)19(2)14-17(13-18-16-8-9-16)10-6-4-5-7-11-17/h15-16,18H,4-14H2,1-3H3. The van der Waals surface area contributed by atoms with Gasteiger partial charge in [-0.1, -0.05) is 25.7 Å². The van der Waals surface area contributed by atoms with Crippen molar-refractivity contribution in [2.24, 2.45) is 5.41 Å². The maximum Gasteiger partial charge on any atom is 0.0615 e. The summed E-state index contributed by atoms with van der Waals surface area (Å²) in [4.78, 5) is 2.52. The van der Waals surface area contributed by atoms with Crippen molar-refractivity contribution < 1.29 is 4.74 Å². The molecule has 1 unspecified atom stereocenters. The molecular weight excluding hydrogens is 248 g/mol. The molecular formula is C17H34N2O. The van der Waals surface area contributed by atoms with Crippen LogP contribution in [0.1, 0.15) is 58.3 Å². The van der Waals surface area contributed by atoms with Crippen LogP contribution in [0, 0.1) is 5.41 Å². The Balaban J connectivity index is 1.92. The Kier molecular flexibility index (Phi) is 6.31. The number of hydrogen-bond donors (Lipinski definition) is 1. The minimum absolute atomic E-state index is 0.496. The number of ether oxygens (including phenoxy) is 1. The van der Waals surface area contributed by atoms with Gasteiger partial charge in [-0.25, -0.2) is 0 Å². The van der Waals surface area contributed by atoms with Crippen molar-refractivity contribution in [3.05, 3.63) is 0 Å².